The Kier molecular flexibility index (Phi) is 6.53. The second-order valence-electron chi connectivity index (χ2n) is 5.99. The zero-order chi connectivity index (χ0) is 15.3. The van der Waals surface area contributed by atoms with Gasteiger partial charge in [0.1, 0.15) is 0 Å². The molecule has 4 nitrogen and oxygen atoms in total. The maximum absolute atomic E-state index is 11.8. The molecule has 19 heavy (non-hydrogen) atoms. The second kappa shape index (κ2) is 6.92. The lowest BCUT2D eigenvalue weighted by Gasteiger charge is -2.45. The summed E-state index contributed by atoms with van der Waals surface area (Å²) in [6.45, 7) is 9.22. The molecule has 0 saturated carbocycles. The topological polar surface area (TPSA) is 74.6 Å². The van der Waals surface area contributed by atoms with Crippen LogP contribution in [0.2, 0.25) is 0 Å². The van der Waals surface area contributed by atoms with E-state index in [1.165, 1.54) is 0 Å². The van der Waals surface area contributed by atoms with Crippen molar-refractivity contribution >= 4 is 11.9 Å². The summed E-state index contributed by atoms with van der Waals surface area (Å²) in [6, 6.07) is 0. The summed E-state index contributed by atoms with van der Waals surface area (Å²) < 4.78 is 0. The van der Waals surface area contributed by atoms with Gasteiger partial charge in [0.15, 0.2) is 5.41 Å². The van der Waals surface area contributed by atoms with E-state index in [0.29, 0.717) is 12.8 Å². The van der Waals surface area contributed by atoms with Crippen LogP contribution in [0.3, 0.4) is 0 Å². The Morgan fingerprint density at radius 2 is 1.47 bits per heavy atom. The maximum Gasteiger partial charge on any atom is 0.321 e. The van der Waals surface area contributed by atoms with Gasteiger partial charge in [-0.1, -0.05) is 53.9 Å². The molecule has 1 atom stereocenters. The number of unbranched alkanes of at least 4 members (excludes halogenated alkanes) is 1. The molecule has 0 rings (SSSR count). The summed E-state index contributed by atoms with van der Waals surface area (Å²) in [7, 11) is 0. The number of carboxylic acids is 2. The Morgan fingerprint density at radius 3 is 1.74 bits per heavy atom. The molecular formula is C15H28O4. The van der Waals surface area contributed by atoms with Crippen LogP contribution in [-0.2, 0) is 9.59 Å². The Hall–Kier alpha value is -1.06. The molecule has 0 spiro atoms. The number of carbonyl (C=O) groups is 2. The monoisotopic (exact) mass is 272 g/mol. The molecule has 0 amide bonds. The predicted octanol–water partition coefficient (Wildman–Crippen LogP) is 3.79. The van der Waals surface area contributed by atoms with E-state index >= 15 is 0 Å². The smallest absolute Gasteiger partial charge is 0.321 e. The van der Waals surface area contributed by atoms with Crippen molar-refractivity contribution in [3.63, 3.8) is 0 Å². The zero-order valence-electron chi connectivity index (χ0n) is 12.8. The number of hydrogen-bond donors (Lipinski definition) is 2. The molecule has 0 aliphatic heterocycles. The summed E-state index contributed by atoms with van der Waals surface area (Å²) in [5.74, 6) is -2.86. The molecule has 0 aromatic rings. The molecule has 0 radical (unpaired) electrons. The van der Waals surface area contributed by atoms with Gasteiger partial charge >= 0.3 is 11.9 Å². The van der Waals surface area contributed by atoms with Gasteiger partial charge in [0.05, 0.1) is 0 Å². The van der Waals surface area contributed by atoms with Gasteiger partial charge in [-0.25, -0.2) is 0 Å². The van der Waals surface area contributed by atoms with E-state index in [0.717, 1.165) is 19.3 Å². The third-order valence-electron chi connectivity index (χ3n) is 4.38. The number of hydrogen-bond acceptors (Lipinski definition) is 2. The van der Waals surface area contributed by atoms with Crippen molar-refractivity contribution in [2.75, 3.05) is 0 Å². The lowest BCUT2D eigenvalue weighted by Crippen LogP contribution is -2.55. The second-order valence-corrected chi connectivity index (χ2v) is 5.99. The van der Waals surface area contributed by atoms with E-state index in [1.807, 2.05) is 20.8 Å². The summed E-state index contributed by atoms with van der Waals surface area (Å²) in [4.78, 5) is 23.6. The van der Waals surface area contributed by atoms with Gasteiger partial charge in [0.25, 0.3) is 0 Å². The summed E-state index contributed by atoms with van der Waals surface area (Å²) in [5, 5.41) is 19.3. The van der Waals surface area contributed by atoms with Crippen molar-refractivity contribution in [1.82, 2.24) is 0 Å². The highest BCUT2D eigenvalue weighted by Crippen LogP contribution is 2.51. The molecule has 4 heteroatoms. The first-order valence-electron chi connectivity index (χ1n) is 7.17. The Labute approximate surface area is 116 Å². The van der Waals surface area contributed by atoms with Gasteiger partial charge in [0.2, 0.25) is 0 Å². The minimum Gasteiger partial charge on any atom is -0.480 e. The zero-order valence-corrected chi connectivity index (χ0v) is 12.8. The SMILES string of the molecule is CCCCC(C)(CCC)C(C(=O)O)(C(=O)O)C(C)C. The lowest BCUT2D eigenvalue weighted by molar-refractivity contribution is -0.182. The van der Waals surface area contributed by atoms with Crippen LogP contribution in [0.15, 0.2) is 0 Å². The quantitative estimate of drug-likeness (QED) is 0.626. The average molecular weight is 272 g/mol. The molecule has 0 heterocycles. The first kappa shape index (κ1) is 17.9. The van der Waals surface area contributed by atoms with E-state index in [4.69, 9.17) is 0 Å². The molecule has 0 aliphatic rings. The third kappa shape index (κ3) is 3.10. The molecular weight excluding hydrogens is 244 g/mol. The van der Waals surface area contributed by atoms with Gasteiger partial charge < -0.3 is 10.2 Å². The Bertz CT molecular complexity index is 308. The van der Waals surface area contributed by atoms with Crippen LogP contribution >= 0.6 is 0 Å². The largest absolute Gasteiger partial charge is 0.480 e. The van der Waals surface area contributed by atoms with Gasteiger partial charge in [-0.15, -0.1) is 0 Å². The summed E-state index contributed by atoms with van der Waals surface area (Å²) in [5.41, 5.74) is -2.43. The van der Waals surface area contributed by atoms with Gasteiger partial charge in [-0.2, -0.15) is 0 Å². The number of rotatable bonds is 9. The summed E-state index contributed by atoms with van der Waals surface area (Å²) in [6.07, 6.45) is 3.82. The van der Waals surface area contributed by atoms with Crippen LogP contribution in [-0.4, -0.2) is 22.2 Å². The van der Waals surface area contributed by atoms with Crippen molar-refractivity contribution in [2.24, 2.45) is 16.7 Å². The normalized spacial score (nSPS) is 15.3. The summed E-state index contributed by atoms with van der Waals surface area (Å²) >= 11 is 0. The standard InChI is InChI=1S/C15H28O4/c1-6-8-10-14(5,9-7-2)15(11(3)4,12(16)17)13(18)19/h11H,6-10H2,1-5H3,(H,16,17)(H,18,19). The van der Waals surface area contributed by atoms with Crippen molar-refractivity contribution in [2.45, 2.75) is 66.7 Å². The molecule has 0 aromatic carbocycles. The minimum absolute atomic E-state index is 0.448. The van der Waals surface area contributed by atoms with Gasteiger partial charge in [0, 0.05) is 0 Å². The highest BCUT2D eigenvalue weighted by Gasteiger charge is 2.60. The Morgan fingerprint density at radius 1 is 1.00 bits per heavy atom. The van der Waals surface area contributed by atoms with E-state index in [-0.39, 0.29) is 0 Å². The number of aliphatic carboxylic acids is 2. The third-order valence-corrected chi connectivity index (χ3v) is 4.38. The molecule has 0 fully saturated rings. The molecule has 1 unspecified atom stereocenters. The van der Waals surface area contributed by atoms with E-state index in [2.05, 4.69) is 0 Å². The van der Waals surface area contributed by atoms with Gasteiger partial charge in [-0.3, -0.25) is 9.59 Å². The van der Waals surface area contributed by atoms with Crippen LogP contribution in [0.1, 0.15) is 66.7 Å². The van der Waals surface area contributed by atoms with E-state index in [1.54, 1.807) is 13.8 Å². The van der Waals surface area contributed by atoms with Crippen LogP contribution < -0.4 is 0 Å². The molecule has 0 aliphatic carbocycles. The van der Waals surface area contributed by atoms with Gasteiger partial charge in [-0.05, 0) is 24.2 Å². The van der Waals surface area contributed by atoms with E-state index in [9.17, 15) is 19.8 Å². The van der Waals surface area contributed by atoms with Crippen molar-refractivity contribution in [3.8, 4) is 0 Å². The van der Waals surface area contributed by atoms with Crippen LogP contribution in [0.4, 0.5) is 0 Å². The highest BCUT2D eigenvalue weighted by molar-refractivity contribution is 5.99. The maximum atomic E-state index is 11.8. The first-order valence-corrected chi connectivity index (χ1v) is 7.17. The first-order chi connectivity index (χ1) is 8.70. The average Bonchev–Trinajstić information content (AvgIpc) is 2.25. The molecule has 0 aromatic heterocycles. The van der Waals surface area contributed by atoms with Crippen LogP contribution in [0, 0.1) is 16.7 Å². The number of carboxylic acid groups (broad SMARTS) is 2. The lowest BCUT2D eigenvalue weighted by atomic mass is 9.55. The fourth-order valence-corrected chi connectivity index (χ4v) is 3.44. The molecule has 0 saturated heterocycles. The fraction of sp³-hybridized carbons (Fsp3) is 0.867. The van der Waals surface area contributed by atoms with Crippen molar-refractivity contribution in [1.29, 1.82) is 0 Å². The molecule has 0 bridgehead atoms. The predicted molar refractivity (Wildman–Crippen MR) is 75.1 cm³/mol. The van der Waals surface area contributed by atoms with Crippen molar-refractivity contribution in [3.05, 3.63) is 0 Å². The molecule has 2 N–H and O–H groups in total. The van der Waals surface area contributed by atoms with Crippen LogP contribution in [0.25, 0.3) is 0 Å². The molecule has 112 valence electrons. The van der Waals surface area contributed by atoms with E-state index < -0.39 is 28.7 Å². The fourth-order valence-electron chi connectivity index (χ4n) is 3.44. The Balaban J connectivity index is 5.86. The van der Waals surface area contributed by atoms with Crippen molar-refractivity contribution < 1.29 is 19.8 Å². The van der Waals surface area contributed by atoms with Crippen LogP contribution in [0.5, 0.6) is 0 Å². The highest BCUT2D eigenvalue weighted by atomic mass is 16.4. The minimum atomic E-state index is -1.71.